The lowest BCUT2D eigenvalue weighted by Gasteiger charge is -2.38. The van der Waals surface area contributed by atoms with Crippen LogP contribution in [0.1, 0.15) is 24.9 Å². The zero-order valence-electron chi connectivity index (χ0n) is 13.7. The molecule has 2 fully saturated rings. The van der Waals surface area contributed by atoms with Crippen molar-refractivity contribution >= 4 is 23.3 Å². The van der Waals surface area contributed by atoms with Gasteiger partial charge >= 0.3 is 6.03 Å². The molecular weight excluding hydrogens is 312 g/mol. The Bertz CT molecular complexity index is 554. The van der Waals surface area contributed by atoms with E-state index in [2.05, 4.69) is 34.0 Å². The van der Waals surface area contributed by atoms with Crippen LogP contribution in [0.25, 0.3) is 0 Å². The second-order valence-corrected chi connectivity index (χ2v) is 7.09. The van der Waals surface area contributed by atoms with Crippen molar-refractivity contribution in [1.29, 1.82) is 0 Å². The summed E-state index contributed by atoms with van der Waals surface area (Å²) in [6.07, 6.45) is 0.705. The van der Waals surface area contributed by atoms with Gasteiger partial charge in [-0.3, -0.25) is 9.69 Å². The van der Waals surface area contributed by atoms with E-state index in [1.54, 1.807) is 23.3 Å². The predicted octanol–water partition coefficient (Wildman–Crippen LogP) is 1.37. The summed E-state index contributed by atoms with van der Waals surface area (Å²) in [5, 5.41) is 7.17. The maximum Gasteiger partial charge on any atom is 0.318 e. The van der Waals surface area contributed by atoms with Gasteiger partial charge in [0.05, 0.1) is 0 Å². The molecule has 23 heavy (non-hydrogen) atoms. The molecule has 0 aliphatic carbocycles. The maximum absolute atomic E-state index is 12.3. The van der Waals surface area contributed by atoms with Crippen LogP contribution >= 0.6 is 11.3 Å². The number of carbonyl (C=O) groups is 2. The highest BCUT2D eigenvalue weighted by molar-refractivity contribution is 7.07. The number of likely N-dealkylation sites (N-methyl/N-ethyl adjacent to an activating group) is 1. The Hall–Kier alpha value is -1.60. The molecule has 0 unspecified atom stereocenters. The van der Waals surface area contributed by atoms with E-state index in [-0.39, 0.29) is 18.0 Å². The van der Waals surface area contributed by atoms with Crippen LogP contribution in [0.3, 0.4) is 0 Å². The molecule has 6 nitrogen and oxygen atoms in total. The number of nitrogens with one attached hydrogen (secondary N) is 1. The van der Waals surface area contributed by atoms with Crippen LogP contribution in [-0.4, -0.2) is 72.5 Å². The van der Waals surface area contributed by atoms with E-state index in [1.165, 1.54) is 5.56 Å². The van der Waals surface area contributed by atoms with Gasteiger partial charge in [0.2, 0.25) is 5.91 Å². The lowest BCUT2D eigenvalue weighted by molar-refractivity contribution is -0.128. The molecule has 2 atom stereocenters. The van der Waals surface area contributed by atoms with Gasteiger partial charge in [-0.05, 0) is 35.7 Å². The number of hydrogen-bond acceptors (Lipinski definition) is 4. The second-order valence-electron chi connectivity index (χ2n) is 6.31. The van der Waals surface area contributed by atoms with E-state index in [9.17, 15) is 9.59 Å². The molecule has 1 aromatic rings. The number of piperazine rings is 1. The number of rotatable bonds is 3. The first-order valence-corrected chi connectivity index (χ1v) is 9.07. The van der Waals surface area contributed by atoms with Crippen molar-refractivity contribution in [1.82, 2.24) is 20.0 Å². The largest absolute Gasteiger partial charge is 0.344 e. The van der Waals surface area contributed by atoms with Gasteiger partial charge in [0, 0.05) is 45.8 Å². The summed E-state index contributed by atoms with van der Waals surface area (Å²) in [6.45, 7) is 6.07. The van der Waals surface area contributed by atoms with Gasteiger partial charge in [-0.25, -0.2) is 4.79 Å². The molecule has 3 amide bonds. The summed E-state index contributed by atoms with van der Waals surface area (Å²) in [5.74, 6) is 0.0167. The molecule has 2 aliphatic rings. The molecule has 2 saturated heterocycles. The maximum atomic E-state index is 12.3. The van der Waals surface area contributed by atoms with Gasteiger partial charge in [-0.1, -0.05) is 0 Å². The Labute approximate surface area is 141 Å². The molecule has 0 bridgehead atoms. The molecule has 126 valence electrons. The predicted molar refractivity (Wildman–Crippen MR) is 90.5 cm³/mol. The van der Waals surface area contributed by atoms with Crippen molar-refractivity contribution in [2.24, 2.45) is 0 Å². The minimum Gasteiger partial charge on any atom is -0.344 e. The Morgan fingerprint density at radius 2 is 2.04 bits per heavy atom. The number of likely N-dealkylation sites (tertiary alicyclic amines) is 1. The monoisotopic (exact) mass is 336 g/mol. The smallest absolute Gasteiger partial charge is 0.318 e. The first-order valence-electron chi connectivity index (χ1n) is 8.13. The summed E-state index contributed by atoms with van der Waals surface area (Å²) in [6, 6.07) is 2.09. The summed E-state index contributed by atoms with van der Waals surface area (Å²) >= 11 is 1.72. The third-order valence-electron chi connectivity index (χ3n) is 4.90. The van der Waals surface area contributed by atoms with E-state index in [1.807, 2.05) is 4.90 Å². The van der Waals surface area contributed by atoms with Crippen LogP contribution < -0.4 is 5.32 Å². The number of nitrogens with zero attached hydrogens (tertiary/aromatic N) is 3. The standard InChI is InChI=1S/C16H24N4O2S/c1-12(13-4-10-23-11-13)19-6-8-20(9-7-19)16(22)17-14-3-5-18(2)15(14)21/h4,10-12,14H,3,5-9H2,1-2H3,(H,17,22)/t12-,14-/m1/s1. The van der Waals surface area contributed by atoms with Gasteiger partial charge in [-0.15, -0.1) is 0 Å². The molecule has 7 heteroatoms. The summed E-state index contributed by atoms with van der Waals surface area (Å²) in [4.78, 5) is 30.1. The van der Waals surface area contributed by atoms with Crippen molar-refractivity contribution in [3.63, 3.8) is 0 Å². The first kappa shape index (κ1) is 16.3. The Balaban J connectivity index is 1.49. The van der Waals surface area contributed by atoms with Gasteiger partial charge in [-0.2, -0.15) is 11.3 Å². The topological polar surface area (TPSA) is 55.9 Å². The van der Waals surface area contributed by atoms with Crippen LogP contribution in [0, 0.1) is 0 Å². The summed E-state index contributed by atoms with van der Waals surface area (Å²) in [5.41, 5.74) is 1.34. The minimum absolute atomic E-state index is 0.0167. The fourth-order valence-electron chi connectivity index (χ4n) is 3.23. The fraction of sp³-hybridized carbons (Fsp3) is 0.625. The first-order chi connectivity index (χ1) is 11.1. The highest BCUT2D eigenvalue weighted by atomic mass is 32.1. The van der Waals surface area contributed by atoms with E-state index in [4.69, 9.17) is 0 Å². The molecule has 0 radical (unpaired) electrons. The Morgan fingerprint density at radius 3 is 2.61 bits per heavy atom. The summed E-state index contributed by atoms with van der Waals surface area (Å²) in [7, 11) is 1.78. The number of urea groups is 1. The van der Waals surface area contributed by atoms with Crippen LogP contribution in [0.2, 0.25) is 0 Å². The second kappa shape index (κ2) is 6.88. The minimum atomic E-state index is -0.352. The van der Waals surface area contributed by atoms with Gasteiger partial charge in [0.1, 0.15) is 6.04 Å². The number of hydrogen-bond donors (Lipinski definition) is 1. The quantitative estimate of drug-likeness (QED) is 0.907. The van der Waals surface area contributed by atoms with Crippen molar-refractivity contribution in [3.05, 3.63) is 22.4 Å². The van der Waals surface area contributed by atoms with Crippen LogP contribution in [0.4, 0.5) is 4.79 Å². The molecule has 2 aliphatic heterocycles. The fourth-order valence-corrected chi connectivity index (χ4v) is 3.98. The van der Waals surface area contributed by atoms with Gasteiger partial charge in [0.15, 0.2) is 0 Å². The van der Waals surface area contributed by atoms with Crippen LogP contribution in [0.15, 0.2) is 16.8 Å². The van der Waals surface area contributed by atoms with Gasteiger partial charge < -0.3 is 15.1 Å². The number of amides is 3. The third kappa shape index (κ3) is 3.50. The highest BCUT2D eigenvalue weighted by Crippen LogP contribution is 2.23. The molecule has 1 N–H and O–H groups in total. The van der Waals surface area contributed by atoms with Crippen LogP contribution in [-0.2, 0) is 4.79 Å². The normalized spacial score (nSPS) is 24.1. The Morgan fingerprint density at radius 1 is 1.30 bits per heavy atom. The zero-order chi connectivity index (χ0) is 16.4. The van der Waals surface area contributed by atoms with Gasteiger partial charge in [0.25, 0.3) is 0 Å². The van der Waals surface area contributed by atoms with Crippen molar-refractivity contribution in [2.45, 2.75) is 25.4 Å². The average Bonchev–Trinajstić information content (AvgIpc) is 3.20. The van der Waals surface area contributed by atoms with Crippen molar-refractivity contribution in [3.8, 4) is 0 Å². The molecule has 1 aromatic heterocycles. The van der Waals surface area contributed by atoms with Crippen molar-refractivity contribution < 1.29 is 9.59 Å². The average molecular weight is 336 g/mol. The van der Waals surface area contributed by atoms with E-state index >= 15 is 0 Å². The molecule has 3 rings (SSSR count). The van der Waals surface area contributed by atoms with E-state index < -0.39 is 0 Å². The number of thiophene rings is 1. The van der Waals surface area contributed by atoms with Crippen LogP contribution in [0.5, 0.6) is 0 Å². The lowest BCUT2D eigenvalue weighted by Crippen LogP contribution is -2.54. The molecule has 0 spiro atoms. The van der Waals surface area contributed by atoms with Crippen molar-refractivity contribution in [2.75, 3.05) is 39.8 Å². The third-order valence-corrected chi connectivity index (χ3v) is 5.60. The molecule has 0 aromatic carbocycles. The SMILES string of the molecule is C[C@H](c1ccsc1)N1CCN(C(=O)N[C@@H]2CCN(C)C2=O)CC1. The summed E-state index contributed by atoms with van der Waals surface area (Å²) < 4.78 is 0. The molecular formula is C16H24N4O2S. The molecule has 0 saturated carbocycles. The highest BCUT2D eigenvalue weighted by Gasteiger charge is 2.32. The molecule has 3 heterocycles. The van der Waals surface area contributed by atoms with E-state index in [0.29, 0.717) is 25.6 Å². The lowest BCUT2D eigenvalue weighted by atomic mass is 10.1. The zero-order valence-corrected chi connectivity index (χ0v) is 14.5. The van der Waals surface area contributed by atoms with E-state index in [0.717, 1.165) is 19.6 Å². The Kier molecular flexibility index (Phi) is 4.87. The number of carbonyl (C=O) groups excluding carboxylic acids is 2.